The molecule has 1 rings (SSSR count). The van der Waals surface area contributed by atoms with Crippen LogP contribution in [-0.2, 0) is 5.41 Å². The van der Waals surface area contributed by atoms with Crippen molar-refractivity contribution >= 4 is 45.9 Å². The predicted octanol–water partition coefficient (Wildman–Crippen LogP) is 3.14. The lowest BCUT2D eigenvalue weighted by Gasteiger charge is -2.26. The number of hydrogen-bond donors (Lipinski definition) is 2. The van der Waals surface area contributed by atoms with Gasteiger partial charge in [0.1, 0.15) is 0 Å². The molecule has 0 aliphatic carbocycles. The molecule has 0 unspecified atom stereocenters. The van der Waals surface area contributed by atoms with E-state index in [0.717, 1.165) is 17.0 Å². The van der Waals surface area contributed by atoms with Gasteiger partial charge >= 0.3 is 0 Å². The highest BCUT2D eigenvalue weighted by atomic mass is 127. The first kappa shape index (κ1) is 17.7. The summed E-state index contributed by atoms with van der Waals surface area (Å²) >= 11 is 3.45. The van der Waals surface area contributed by atoms with Crippen LogP contribution in [0.25, 0.3) is 0 Å². The van der Waals surface area contributed by atoms with Crippen molar-refractivity contribution in [1.29, 1.82) is 0 Å². The Morgan fingerprint density at radius 2 is 1.83 bits per heavy atom. The van der Waals surface area contributed by atoms with Crippen LogP contribution in [0.3, 0.4) is 0 Å². The van der Waals surface area contributed by atoms with E-state index < -0.39 is 0 Å². The summed E-state index contributed by atoms with van der Waals surface area (Å²) in [5, 5.41) is 6.32. The zero-order valence-corrected chi connectivity index (χ0v) is 15.2. The minimum Gasteiger partial charge on any atom is -0.359 e. The van der Waals surface area contributed by atoms with Crippen LogP contribution in [0.15, 0.2) is 33.7 Å². The highest BCUT2D eigenvalue weighted by Gasteiger charge is 2.20. The smallest absolute Gasteiger partial charge is 0.190 e. The molecule has 2 N–H and O–H groups in total. The van der Waals surface area contributed by atoms with E-state index in [-0.39, 0.29) is 29.4 Å². The number of halogens is 2. The third-order valence-corrected chi connectivity index (χ3v) is 3.31. The van der Waals surface area contributed by atoms with E-state index in [0.29, 0.717) is 0 Å². The third kappa shape index (κ3) is 5.14. The van der Waals surface area contributed by atoms with Gasteiger partial charge in [-0.05, 0) is 17.7 Å². The molecule has 0 aromatic heterocycles. The molecule has 0 saturated carbocycles. The first-order valence-electron chi connectivity index (χ1n) is 5.64. The van der Waals surface area contributed by atoms with Crippen molar-refractivity contribution in [3.63, 3.8) is 0 Å². The summed E-state index contributed by atoms with van der Waals surface area (Å²) in [6.45, 7) is 5.26. The molecule has 5 heteroatoms. The Labute approximate surface area is 135 Å². The van der Waals surface area contributed by atoms with Crippen molar-refractivity contribution in [2.45, 2.75) is 19.3 Å². The van der Waals surface area contributed by atoms with Crippen molar-refractivity contribution in [1.82, 2.24) is 10.6 Å². The number of benzene rings is 1. The Hall–Kier alpha value is -0.300. The average molecular weight is 426 g/mol. The van der Waals surface area contributed by atoms with E-state index in [1.165, 1.54) is 5.56 Å². The summed E-state index contributed by atoms with van der Waals surface area (Å²) in [7, 11) is 3.63. The Kier molecular flexibility index (Phi) is 7.86. The number of hydrogen-bond acceptors (Lipinski definition) is 1. The minimum absolute atomic E-state index is 0. The number of rotatable bonds is 3. The van der Waals surface area contributed by atoms with Gasteiger partial charge in [0.05, 0.1) is 0 Å². The molecule has 0 radical (unpaired) electrons. The van der Waals surface area contributed by atoms with Crippen LogP contribution in [0.2, 0.25) is 0 Å². The maximum Gasteiger partial charge on any atom is 0.190 e. The fourth-order valence-electron chi connectivity index (χ4n) is 1.59. The van der Waals surface area contributed by atoms with Crippen molar-refractivity contribution < 1.29 is 0 Å². The molecular weight excluding hydrogens is 405 g/mol. The maximum atomic E-state index is 4.10. The standard InChI is InChI=1S/C13H20BrN3.HI/c1-13(2,9-17-12(15-3)16-4)10-5-7-11(14)8-6-10;/h5-8H,9H2,1-4H3,(H2,15,16,17);1H. The van der Waals surface area contributed by atoms with Crippen LogP contribution in [0.1, 0.15) is 19.4 Å². The average Bonchev–Trinajstić information content (AvgIpc) is 2.31. The molecule has 0 saturated heterocycles. The van der Waals surface area contributed by atoms with Crippen LogP contribution in [0.5, 0.6) is 0 Å². The van der Waals surface area contributed by atoms with E-state index in [2.05, 4.69) is 69.7 Å². The molecule has 1 aromatic carbocycles. The zero-order chi connectivity index (χ0) is 12.9. The van der Waals surface area contributed by atoms with Gasteiger partial charge in [0, 0.05) is 30.5 Å². The monoisotopic (exact) mass is 425 g/mol. The molecule has 0 spiro atoms. The van der Waals surface area contributed by atoms with Gasteiger partial charge in [0.25, 0.3) is 0 Å². The molecule has 0 bridgehead atoms. The zero-order valence-electron chi connectivity index (χ0n) is 11.2. The lowest BCUT2D eigenvalue weighted by atomic mass is 9.85. The van der Waals surface area contributed by atoms with Crippen LogP contribution in [0.4, 0.5) is 0 Å². The molecule has 3 nitrogen and oxygen atoms in total. The van der Waals surface area contributed by atoms with E-state index in [9.17, 15) is 0 Å². The Morgan fingerprint density at radius 1 is 1.28 bits per heavy atom. The first-order valence-corrected chi connectivity index (χ1v) is 6.43. The van der Waals surface area contributed by atoms with Crippen LogP contribution in [-0.4, -0.2) is 26.6 Å². The number of nitrogens with zero attached hydrogens (tertiary/aromatic N) is 1. The largest absolute Gasteiger partial charge is 0.359 e. The van der Waals surface area contributed by atoms with Gasteiger partial charge in [-0.3, -0.25) is 4.99 Å². The number of nitrogens with one attached hydrogen (secondary N) is 2. The SMILES string of the molecule is CN=C(NC)NCC(C)(C)c1ccc(Br)cc1.I. The third-order valence-electron chi connectivity index (χ3n) is 2.78. The molecule has 0 amide bonds. The Morgan fingerprint density at radius 3 is 2.28 bits per heavy atom. The summed E-state index contributed by atoms with van der Waals surface area (Å²) in [6, 6.07) is 8.44. The van der Waals surface area contributed by atoms with E-state index in [1.807, 2.05) is 7.05 Å². The van der Waals surface area contributed by atoms with Crippen molar-refractivity contribution in [3.05, 3.63) is 34.3 Å². The highest BCUT2D eigenvalue weighted by Crippen LogP contribution is 2.23. The highest BCUT2D eigenvalue weighted by molar-refractivity contribution is 14.0. The second-order valence-electron chi connectivity index (χ2n) is 4.57. The Bertz CT molecular complexity index is 388. The summed E-state index contributed by atoms with van der Waals surface area (Å²) in [5.74, 6) is 0.815. The second-order valence-corrected chi connectivity index (χ2v) is 5.48. The molecule has 0 atom stereocenters. The van der Waals surface area contributed by atoms with E-state index in [4.69, 9.17) is 0 Å². The molecule has 0 aliphatic rings. The summed E-state index contributed by atoms with van der Waals surface area (Å²) < 4.78 is 1.11. The van der Waals surface area contributed by atoms with Crippen LogP contribution < -0.4 is 10.6 Å². The quantitative estimate of drug-likeness (QED) is 0.443. The van der Waals surface area contributed by atoms with Gasteiger partial charge in [-0.1, -0.05) is 41.9 Å². The van der Waals surface area contributed by atoms with Crippen LogP contribution in [0, 0.1) is 0 Å². The van der Waals surface area contributed by atoms with Crippen molar-refractivity contribution in [3.8, 4) is 0 Å². The fourth-order valence-corrected chi connectivity index (χ4v) is 1.85. The maximum absolute atomic E-state index is 4.10. The molecule has 0 aliphatic heterocycles. The second kappa shape index (κ2) is 7.99. The molecule has 1 aromatic rings. The lowest BCUT2D eigenvalue weighted by molar-refractivity contribution is 0.510. The van der Waals surface area contributed by atoms with Gasteiger partial charge in [-0.25, -0.2) is 0 Å². The minimum atomic E-state index is 0. The number of aliphatic imine (C=N–C) groups is 1. The van der Waals surface area contributed by atoms with E-state index in [1.54, 1.807) is 7.05 Å². The number of guanidine groups is 1. The van der Waals surface area contributed by atoms with Crippen molar-refractivity contribution in [2.24, 2.45) is 4.99 Å². The molecule has 18 heavy (non-hydrogen) atoms. The van der Waals surface area contributed by atoms with Crippen molar-refractivity contribution in [2.75, 3.05) is 20.6 Å². The van der Waals surface area contributed by atoms with Gasteiger partial charge < -0.3 is 10.6 Å². The van der Waals surface area contributed by atoms with Crippen LogP contribution >= 0.6 is 39.9 Å². The summed E-state index contributed by atoms with van der Waals surface area (Å²) in [6.07, 6.45) is 0. The van der Waals surface area contributed by atoms with Gasteiger partial charge in [-0.2, -0.15) is 0 Å². The van der Waals surface area contributed by atoms with Gasteiger partial charge in [-0.15, -0.1) is 24.0 Å². The molecule has 102 valence electrons. The summed E-state index contributed by atoms with van der Waals surface area (Å²) in [5.41, 5.74) is 1.37. The topological polar surface area (TPSA) is 36.4 Å². The Balaban J connectivity index is 0.00000289. The lowest BCUT2D eigenvalue weighted by Crippen LogP contribution is -2.42. The van der Waals surface area contributed by atoms with E-state index >= 15 is 0 Å². The van der Waals surface area contributed by atoms with Gasteiger partial charge in [0.15, 0.2) is 5.96 Å². The fraction of sp³-hybridized carbons (Fsp3) is 0.462. The molecule has 0 fully saturated rings. The summed E-state index contributed by atoms with van der Waals surface area (Å²) in [4.78, 5) is 4.10. The van der Waals surface area contributed by atoms with Gasteiger partial charge in [0.2, 0.25) is 0 Å². The molecule has 0 heterocycles. The first-order chi connectivity index (χ1) is 7.99. The normalized spacial score (nSPS) is 11.7. The molecular formula is C13H21BrIN3. The predicted molar refractivity (Wildman–Crippen MR) is 93.0 cm³/mol.